The van der Waals surface area contributed by atoms with E-state index in [2.05, 4.69) is 20.2 Å². The second-order valence-corrected chi connectivity index (χ2v) is 12.6. The van der Waals surface area contributed by atoms with Gasteiger partial charge in [0.2, 0.25) is 11.9 Å². The van der Waals surface area contributed by atoms with E-state index in [4.69, 9.17) is 21.4 Å². The van der Waals surface area contributed by atoms with Crippen LogP contribution in [0.3, 0.4) is 0 Å². The van der Waals surface area contributed by atoms with Gasteiger partial charge in [-0.3, -0.25) is 4.79 Å². The van der Waals surface area contributed by atoms with Crippen LogP contribution >= 0.6 is 11.6 Å². The predicted octanol–water partition coefficient (Wildman–Crippen LogP) is 0.900. The SMILES string of the molecule is O=C(Cc1c(F)cc(OCCCCC2CCN(c3ncc(Cl)cn3)CC2)cc1F)N1CC(CNC[C@H](O)[C@@H](O)[C@H](O)[C@H](O)CO)C1. The minimum absolute atomic E-state index is 0.0310. The number of carbonyl (C=O) groups is 1. The van der Waals surface area contributed by atoms with E-state index in [0.29, 0.717) is 43.1 Å². The second kappa shape index (κ2) is 17.4. The van der Waals surface area contributed by atoms with Crippen molar-refractivity contribution >= 4 is 23.5 Å². The van der Waals surface area contributed by atoms with Crippen LogP contribution in [0.25, 0.3) is 0 Å². The van der Waals surface area contributed by atoms with E-state index in [9.17, 15) is 34.0 Å². The molecule has 15 heteroatoms. The smallest absolute Gasteiger partial charge is 0.227 e. The number of aliphatic hydroxyl groups is 5. The number of hydrogen-bond acceptors (Lipinski definition) is 11. The Morgan fingerprint density at radius 2 is 1.63 bits per heavy atom. The number of amides is 1. The molecular formula is C31H44ClF2N5O7. The molecule has 2 saturated heterocycles. The average Bonchev–Trinajstić information content (AvgIpc) is 3.03. The number of aliphatic hydroxyl groups excluding tert-OH is 5. The number of aromatic nitrogens is 2. The normalized spacial score (nSPS) is 18.6. The Kier molecular flexibility index (Phi) is 13.7. The summed E-state index contributed by atoms with van der Waals surface area (Å²) in [7, 11) is 0. The maximum Gasteiger partial charge on any atom is 0.227 e. The number of halogens is 3. The fourth-order valence-electron chi connectivity index (χ4n) is 5.73. The first kappa shape index (κ1) is 36.1. The topological polar surface area (TPSA) is 172 Å². The second-order valence-electron chi connectivity index (χ2n) is 12.1. The highest BCUT2D eigenvalue weighted by molar-refractivity contribution is 6.30. The van der Waals surface area contributed by atoms with Crippen LogP contribution in [0.2, 0.25) is 5.02 Å². The van der Waals surface area contributed by atoms with E-state index < -0.39 is 55.0 Å². The predicted molar refractivity (Wildman–Crippen MR) is 165 cm³/mol. The van der Waals surface area contributed by atoms with Crippen molar-refractivity contribution in [3.05, 3.63) is 46.7 Å². The molecule has 256 valence electrons. The minimum Gasteiger partial charge on any atom is -0.493 e. The van der Waals surface area contributed by atoms with E-state index in [1.54, 1.807) is 12.4 Å². The van der Waals surface area contributed by atoms with Gasteiger partial charge in [0, 0.05) is 62.9 Å². The van der Waals surface area contributed by atoms with Gasteiger partial charge >= 0.3 is 0 Å². The number of anilines is 1. The highest BCUT2D eigenvalue weighted by atomic mass is 35.5. The van der Waals surface area contributed by atoms with E-state index in [0.717, 1.165) is 57.3 Å². The van der Waals surface area contributed by atoms with Crippen molar-refractivity contribution in [2.45, 2.75) is 62.9 Å². The standard InChI is InChI=1S/C31H44ClF2N5O7/c32-21-13-36-31(37-14-21)38-6-4-19(5-7-38)3-1-2-8-46-22-9-24(33)23(25(34)10-22)11-28(43)39-16-20(17-39)12-35-15-26(41)29(44)30(45)27(42)18-40/h9-10,13-14,19-20,26-27,29-30,35,40-42,44-45H,1-8,11-12,15-18H2/t26-,27+,29+,30+/m0/s1. The number of likely N-dealkylation sites (tertiary alicyclic amines) is 1. The van der Waals surface area contributed by atoms with Gasteiger partial charge < -0.3 is 45.4 Å². The third-order valence-electron chi connectivity index (χ3n) is 8.64. The van der Waals surface area contributed by atoms with Gasteiger partial charge in [-0.2, -0.15) is 0 Å². The fraction of sp³-hybridized carbons (Fsp3) is 0.645. The van der Waals surface area contributed by atoms with Crippen molar-refractivity contribution in [2.24, 2.45) is 11.8 Å². The first-order valence-electron chi connectivity index (χ1n) is 15.7. The van der Waals surface area contributed by atoms with Crippen molar-refractivity contribution in [3.8, 4) is 5.75 Å². The Bertz CT molecular complexity index is 1230. The number of rotatable bonds is 17. The van der Waals surface area contributed by atoms with Crippen molar-refractivity contribution in [3.63, 3.8) is 0 Å². The number of nitrogens with one attached hydrogen (secondary N) is 1. The summed E-state index contributed by atoms with van der Waals surface area (Å²) in [4.78, 5) is 24.8. The lowest BCUT2D eigenvalue weighted by Gasteiger charge is -2.39. The first-order chi connectivity index (χ1) is 22.0. The van der Waals surface area contributed by atoms with Crippen LogP contribution in [-0.4, -0.2) is 123 Å². The van der Waals surface area contributed by atoms with Gasteiger partial charge in [-0.05, 0) is 31.6 Å². The van der Waals surface area contributed by atoms with Crippen molar-refractivity contribution < 1.29 is 43.8 Å². The summed E-state index contributed by atoms with van der Waals surface area (Å²) >= 11 is 5.87. The maximum atomic E-state index is 14.8. The Morgan fingerprint density at radius 1 is 1.00 bits per heavy atom. The lowest BCUT2D eigenvalue weighted by Crippen LogP contribution is -2.55. The molecule has 1 amide bonds. The zero-order chi connectivity index (χ0) is 33.2. The van der Waals surface area contributed by atoms with Crippen molar-refractivity contribution in [1.82, 2.24) is 20.2 Å². The molecule has 4 rings (SSSR count). The number of piperidine rings is 1. The molecule has 2 fully saturated rings. The number of benzene rings is 1. The van der Waals surface area contributed by atoms with Crippen LogP contribution in [0.15, 0.2) is 24.5 Å². The molecule has 0 bridgehead atoms. The van der Waals surface area contributed by atoms with Gasteiger partial charge in [-0.15, -0.1) is 0 Å². The Balaban J connectivity index is 1.09. The molecule has 12 nitrogen and oxygen atoms in total. The molecule has 3 heterocycles. The lowest BCUT2D eigenvalue weighted by molar-refractivity contribution is -0.136. The van der Waals surface area contributed by atoms with Crippen LogP contribution < -0.4 is 15.0 Å². The highest BCUT2D eigenvalue weighted by Crippen LogP contribution is 2.26. The van der Waals surface area contributed by atoms with E-state index in [1.165, 1.54) is 4.90 Å². The summed E-state index contributed by atoms with van der Waals surface area (Å²) in [5, 5.41) is 51.1. The molecule has 0 aliphatic carbocycles. The van der Waals surface area contributed by atoms with Crippen LogP contribution in [-0.2, 0) is 11.2 Å². The number of ether oxygens (including phenoxy) is 1. The van der Waals surface area contributed by atoms with E-state index in [1.807, 2.05) is 0 Å². The maximum absolute atomic E-state index is 14.8. The van der Waals surface area contributed by atoms with Gasteiger partial charge in [0.15, 0.2) is 0 Å². The molecule has 2 aliphatic heterocycles. The van der Waals surface area contributed by atoms with E-state index in [-0.39, 0.29) is 23.8 Å². The lowest BCUT2D eigenvalue weighted by atomic mass is 9.92. The number of nitrogens with zero attached hydrogens (tertiary/aromatic N) is 4. The largest absolute Gasteiger partial charge is 0.493 e. The summed E-state index contributed by atoms with van der Waals surface area (Å²) in [6.07, 6.45) is 1.26. The summed E-state index contributed by atoms with van der Waals surface area (Å²) in [5.74, 6) is -0.677. The van der Waals surface area contributed by atoms with Crippen molar-refractivity contribution in [2.75, 3.05) is 57.4 Å². The molecule has 0 spiro atoms. The van der Waals surface area contributed by atoms with E-state index >= 15 is 0 Å². The molecule has 6 N–H and O–H groups in total. The van der Waals surface area contributed by atoms with Gasteiger partial charge in [0.1, 0.15) is 35.7 Å². The highest BCUT2D eigenvalue weighted by Gasteiger charge is 2.33. The third-order valence-corrected chi connectivity index (χ3v) is 8.84. The zero-order valence-electron chi connectivity index (χ0n) is 25.6. The quantitative estimate of drug-likeness (QED) is 0.132. The number of unbranched alkanes of at least 4 members (excludes halogenated alkanes) is 1. The number of hydrogen-bond donors (Lipinski definition) is 6. The monoisotopic (exact) mass is 671 g/mol. The molecule has 0 unspecified atom stereocenters. The number of carbonyl (C=O) groups excluding carboxylic acids is 1. The van der Waals surface area contributed by atoms with Gasteiger partial charge in [-0.25, -0.2) is 18.7 Å². The molecule has 2 aromatic rings. The summed E-state index contributed by atoms with van der Waals surface area (Å²) in [6.45, 7) is 2.35. The molecule has 1 aromatic carbocycles. The average molecular weight is 672 g/mol. The Morgan fingerprint density at radius 3 is 2.26 bits per heavy atom. The van der Waals surface area contributed by atoms with Gasteiger partial charge in [0.25, 0.3) is 0 Å². The van der Waals surface area contributed by atoms with Gasteiger partial charge in [0.05, 0.1) is 43.2 Å². The summed E-state index contributed by atoms with van der Waals surface area (Å²) in [6, 6.07) is 2.22. The minimum atomic E-state index is -1.71. The molecule has 46 heavy (non-hydrogen) atoms. The Hall–Kier alpha value is -2.72. The fourth-order valence-corrected chi connectivity index (χ4v) is 5.83. The Labute approximate surface area is 272 Å². The molecular weight excluding hydrogens is 628 g/mol. The van der Waals surface area contributed by atoms with Crippen LogP contribution in [0.4, 0.5) is 14.7 Å². The molecule has 4 atom stereocenters. The van der Waals surface area contributed by atoms with Crippen molar-refractivity contribution in [1.29, 1.82) is 0 Å². The van der Waals surface area contributed by atoms with Crippen LogP contribution in [0.5, 0.6) is 5.75 Å². The summed E-state index contributed by atoms with van der Waals surface area (Å²) < 4.78 is 35.1. The first-order valence-corrected chi connectivity index (χ1v) is 16.1. The molecule has 0 saturated carbocycles. The van der Waals surface area contributed by atoms with Gasteiger partial charge in [-0.1, -0.05) is 18.0 Å². The molecule has 2 aliphatic rings. The molecule has 1 aromatic heterocycles. The summed E-state index contributed by atoms with van der Waals surface area (Å²) in [5.41, 5.74) is -0.310. The molecule has 0 radical (unpaired) electrons. The van der Waals surface area contributed by atoms with Crippen LogP contribution in [0, 0.1) is 23.5 Å². The third kappa shape index (κ3) is 10.1. The zero-order valence-corrected chi connectivity index (χ0v) is 26.4. The van der Waals surface area contributed by atoms with Crippen LogP contribution in [0.1, 0.15) is 37.7 Å².